The van der Waals surface area contributed by atoms with E-state index in [9.17, 15) is 9.59 Å². The van der Waals surface area contributed by atoms with Crippen LogP contribution >= 0.6 is 0 Å². The van der Waals surface area contributed by atoms with Gasteiger partial charge in [-0.1, -0.05) is 43.0 Å². The number of amides is 1. The standard InChI is InChI=1S/C30H26N6O4/c1-3-26(37)32-22-10-7-11-23(18-22)36-28-25(34-27(29(36)38)20-8-5-4-6-9-20)19-31-30(35-28)33-21-12-14-24(15-13-21)40-17-16-39-2/h3-15,18-19H,1,16-17H2,2H3,(H,32,37)(H,31,33,35). The summed E-state index contributed by atoms with van der Waals surface area (Å²) in [6.07, 6.45) is 2.75. The molecule has 40 heavy (non-hydrogen) atoms. The van der Waals surface area contributed by atoms with Crippen molar-refractivity contribution in [2.75, 3.05) is 31.0 Å². The fraction of sp³-hybridized carbons (Fsp3) is 0.100. The van der Waals surface area contributed by atoms with Crippen LogP contribution in [0.3, 0.4) is 0 Å². The molecular weight excluding hydrogens is 508 g/mol. The van der Waals surface area contributed by atoms with E-state index >= 15 is 0 Å². The maximum atomic E-state index is 13.9. The first kappa shape index (κ1) is 26.3. The summed E-state index contributed by atoms with van der Waals surface area (Å²) < 4.78 is 12.1. The molecule has 0 bridgehead atoms. The molecule has 2 N–H and O–H groups in total. The molecule has 0 unspecified atom stereocenters. The summed E-state index contributed by atoms with van der Waals surface area (Å²) in [7, 11) is 1.62. The van der Waals surface area contributed by atoms with E-state index in [1.54, 1.807) is 37.6 Å². The Hall–Kier alpha value is -5.35. The second-order valence-corrected chi connectivity index (χ2v) is 8.60. The zero-order valence-electron chi connectivity index (χ0n) is 21.7. The number of hydrogen-bond donors (Lipinski definition) is 2. The Morgan fingerprint density at radius 3 is 2.52 bits per heavy atom. The largest absolute Gasteiger partial charge is 0.491 e. The van der Waals surface area contributed by atoms with Gasteiger partial charge >= 0.3 is 0 Å². The lowest BCUT2D eigenvalue weighted by Crippen LogP contribution is -2.23. The highest BCUT2D eigenvalue weighted by Gasteiger charge is 2.17. The van der Waals surface area contributed by atoms with E-state index in [1.807, 2.05) is 54.6 Å². The van der Waals surface area contributed by atoms with Gasteiger partial charge in [0.05, 0.1) is 18.5 Å². The minimum Gasteiger partial charge on any atom is -0.491 e. The van der Waals surface area contributed by atoms with Crippen LogP contribution in [0.5, 0.6) is 5.75 Å². The molecule has 0 aliphatic carbocycles. The molecule has 0 spiro atoms. The summed E-state index contributed by atoms with van der Waals surface area (Å²) in [6, 6.07) is 23.4. The lowest BCUT2D eigenvalue weighted by atomic mass is 10.1. The van der Waals surface area contributed by atoms with Gasteiger partial charge in [-0.3, -0.25) is 14.2 Å². The summed E-state index contributed by atoms with van der Waals surface area (Å²) >= 11 is 0. The highest BCUT2D eigenvalue weighted by molar-refractivity contribution is 5.99. The number of anilines is 3. The second-order valence-electron chi connectivity index (χ2n) is 8.60. The lowest BCUT2D eigenvalue weighted by molar-refractivity contribution is -0.111. The third-order valence-electron chi connectivity index (χ3n) is 5.87. The van der Waals surface area contributed by atoms with Crippen molar-refractivity contribution in [3.8, 4) is 22.7 Å². The maximum absolute atomic E-state index is 13.9. The van der Waals surface area contributed by atoms with Crippen LogP contribution in [0.1, 0.15) is 0 Å². The lowest BCUT2D eigenvalue weighted by Gasteiger charge is -2.14. The maximum Gasteiger partial charge on any atom is 0.283 e. The van der Waals surface area contributed by atoms with Crippen LogP contribution in [-0.4, -0.2) is 45.7 Å². The van der Waals surface area contributed by atoms with Crippen LogP contribution < -0.4 is 20.9 Å². The van der Waals surface area contributed by atoms with Crippen molar-refractivity contribution in [2.45, 2.75) is 0 Å². The molecule has 2 heterocycles. The van der Waals surface area contributed by atoms with Gasteiger partial charge in [0.15, 0.2) is 5.65 Å². The van der Waals surface area contributed by atoms with Crippen LogP contribution in [0, 0.1) is 0 Å². The van der Waals surface area contributed by atoms with Crippen LogP contribution in [-0.2, 0) is 9.53 Å². The number of rotatable bonds is 10. The molecule has 0 saturated carbocycles. The molecular formula is C30H26N6O4. The number of benzene rings is 3. The van der Waals surface area contributed by atoms with E-state index in [-0.39, 0.29) is 23.1 Å². The third kappa shape index (κ3) is 5.87. The zero-order valence-corrected chi connectivity index (χ0v) is 21.7. The molecule has 0 saturated heterocycles. The summed E-state index contributed by atoms with van der Waals surface area (Å²) in [4.78, 5) is 39.5. The number of ether oxygens (including phenoxy) is 2. The van der Waals surface area contributed by atoms with Gasteiger partial charge in [-0.25, -0.2) is 9.97 Å². The zero-order chi connectivity index (χ0) is 27.9. The Labute approximate surface area is 230 Å². The first-order valence-corrected chi connectivity index (χ1v) is 12.4. The van der Waals surface area contributed by atoms with Gasteiger partial charge < -0.3 is 20.1 Å². The van der Waals surface area contributed by atoms with Crippen molar-refractivity contribution in [3.05, 3.63) is 108 Å². The number of nitrogens with one attached hydrogen (secondary N) is 2. The minimum absolute atomic E-state index is 0.252. The molecule has 1 amide bonds. The first-order valence-electron chi connectivity index (χ1n) is 12.4. The average Bonchev–Trinajstić information content (AvgIpc) is 2.98. The van der Waals surface area contributed by atoms with Gasteiger partial charge in [0.1, 0.15) is 23.6 Å². The Morgan fingerprint density at radius 1 is 0.975 bits per heavy atom. The molecule has 10 nitrogen and oxygen atoms in total. The van der Waals surface area contributed by atoms with Crippen molar-refractivity contribution >= 4 is 34.4 Å². The molecule has 0 aliphatic heterocycles. The molecule has 5 rings (SSSR count). The SMILES string of the molecule is C=CC(=O)Nc1cccc(-n2c(=O)c(-c3ccccc3)nc3cnc(Nc4ccc(OCCOC)cc4)nc32)c1. The summed E-state index contributed by atoms with van der Waals surface area (Å²) in [5, 5.41) is 5.90. The number of hydrogen-bond acceptors (Lipinski definition) is 8. The summed E-state index contributed by atoms with van der Waals surface area (Å²) in [5.41, 5.74) is 3.00. The Bertz CT molecular complexity index is 1720. The number of aromatic nitrogens is 4. The monoisotopic (exact) mass is 534 g/mol. The van der Waals surface area contributed by atoms with E-state index in [1.165, 1.54) is 10.6 Å². The molecule has 5 aromatic rings. The van der Waals surface area contributed by atoms with Crippen LogP contribution in [0.4, 0.5) is 17.3 Å². The van der Waals surface area contributed by atoms with E-state index in [0.29, 0.717) is 47.1 Å². The average molecular weight is 535 g/mol. The molecule has 0 radical (unpaired) electrons. The fourth-order valence-electron chi connectivity index (χ4n) is 3.99. The quantitative estimate of drug-likeness (QED) is 0.195. The number of carbonyl (C=O) groups excluding carboxylic acids is 1. The highest BCUT2D eigenvalue weighted by Crippen LogP contribution is 2.23. The molecule has 2 aromatic heterocycles. The fourth-order valence-corrected chi connectivity index (χ4v) is 3.99. The van der Waals surface area contributed by atoms with Gasteiger partial charge in [0.25, 0.3) is 5.56 Å². The van der Waals surface area contributed by atoms with Crippen LogP contribution in [0.25, 0.3) is 28.1 Å². The van der Waals surface area contributed by atoms with E-state index in [0.717, 1.165) is 5.69 Å². The minimum atomic E-state index is -0.367. The first-order chi connectivity index (χ1) is 19.6. The molecule has 200 valence electrons. The van der Waals surface area contributed by atoms with E-state index in [2.05, 4.69) is 32.2 Å². The van der Waals surface area contributed by atoms with Gasteiger partial charge in [-0.05, 0) is 48.5 Å². The Kier molecular flexibility index (Phi) is 7.89. The van der Waals surface area contributed by atoms with E-state index in [4.69, 9.17) is 9.47 Å². The molecule has 10 heteroatoms. The van der Waals surface area contributed by atoms with Crippen molar-refractivity contribution in [1.29, 1.82) is 0 Å². The van der Waals surface area contributed by atoms with E-state index < -0.39 is 0 Å². The number of carbonyl (C=O) groups is 1. The second kappa shape index (κ2) is 12.0. The predicted molar refractivity (Wildman–Crippen MR) is 154 cm³/mol. The number of methoxy groups -OCH3 is 1. The van der Waals surface area contributed by atoms with Gasteiger partial charge in [-0.2, -0.15) is 4.98 Å². The predicted octanol–water partition coefficient (Wildman–Crippen LogP) is 4.74. The van der Waals surface area contributed by atoms with Gasteiger partial charge in [0.2, 0.25) is 11.9 Å². The molecule has 3 aromatic carbocycles. The Morgan fingerprint density at radius 2 is 1.77 bits per heavy atom. The van der Waals surface area contributed by atoms with Crippen molar-refractivity contribution in [3.63, 3.8) is 0 Å². The molecule has 0 fully saturated rings. The number of nitrogens with zero attached hydrogens (tertiary/aromatic N) is 4. The van der Waals surface area contributed by atoms with Crippen molar-refractivity contribution in [1.82, 2.24) is 19.5 Å². The van der Waals surface area contributed by atoms with Gasteiger partial charge in [0, 0.05) is 24.0 Å². The third-order valence-corrected chi connectivity index (χ3v) is 5.87. The summed E-state index contributed by atoms with van der Waals surface area (Å²) in [5.74, 6) is 0.619. The van der Waals surface area contributed by atoms with Crippen molar-refractivity contribution < 1.29 is 14.3 Å². The van der Waals surface area contributed by atoms with Crippen LogP contribution in [0.15, 0.2) is 103 Å². The smallest absolute Gasteiger partial charge is 0.283 e. The number of fused-ring (bicyclic) bond motifs is 1. The Balaban J connectivity index is 1.58. The molecule has 0 aliphatic rings. The summed E-state index contributed by atoms with van der Waals surface area (Å²) in [6.45, 7) is 4.44. The molecule has 0 atom stereocenters. The highest BCUT2D eigenvalue weighted by atomic mass is 16.5. The normalized spacial score (nSPS) is 10.7. The van der Waals surface area contributed by atoms with Crippen molar-refractivity contribution in [2.24, 2.45) is 0 Å². The van der Waals surface area contributed by atoms with Crippen LogP contribution in [0.2, 0.25) is 0 Å². The topological polar surface area (TPSA) is 120 Å². The van der Waals surface area contributed by atoms with Gasteiger partial charge in [-0.15, -0.1) is 0 Å².